The van der Waals surface area contributed by atoms with Gasteiger partial charge in [0.2, 0.25) is 0 Å². The molecule has 0 aliphatic carbocycles. The lowest BCUT2D eigenvalue weighted by Gasteiger charge is -2.34. The third-order valence-electron chi connectivity index (χ3n) is 6.81. The molecule has 10 nitrogen and oxygen atoms in total. The molecule has 0 unspecified atom stereocenters. The maximum absolute atomic E-state index is 11.9. The Labute approximate surface area is 194 Å². The molecule has 2 aliphatic rings. The fourth-order valence-corrected chi connectivity index (χ4v) is 4.89. The number of fused-ring (bicyclic) bond motifs is 2. The predicted octanol–water partition coefficient (Wildman–Crippen LogP) is 1.84. The summed E-state index contributed by atoms with van der Waals surface area (Å²) < 4.78 is 13.6. The molecule has 2 aromatic carbocycles. The van der Waals surface area contributed by atoms with E-state index in [2.05, 4.69) is 27.5 Å². The Kier molecular flexibility index (Phi) is 4.85. The van der Waals surface area contributed by atoms with E-state index in [-0.39, 0.29) is 12.0 Å². The van der Waals surface area contributed by atoms with Crippen LogP contribution in [-0.4, -0.2) is 50.1 Å². The number of carbonyl (C=O) groups excluding carboxylic acids is 1. The number of aryl methyl sites for hydroxylation is 1. The normalized spacial score (nSPS) is 18.4. The summed E-state index contributed by atoms with van der Waals surface area (Å²) in [5.74, 6) is -0.627. The first kappa shape index (κ1) is 20.8. The van der Waals surface area contributed by atoms with E-state index >= 15 is 0 Å². The fourth-order valence-electron chi connectivity index (χ4n) is 4.89. The van der Waals surface area contributed by atoms with E-state index in [4.69, 9.17) is 9.15 Å². The van der Waals surface area contributed by atoms with Gasteiger partial charge in [-0.25, -0.2) is 14.3 Å². The second-order valence-electron chi connectivity index (χ2n) is 8.86. The molecule has 2 aliphatic heterocycles. The van der Waals surface area contributed by atoms with Gasteiger partial charge in [0.25, 0.3) is 0 Å². The maximum atomic E-state index is 11.9. The smallest absolute Gasteiger partial charge is 0.419 e. The molecule has 1 fully saturated rings. The lowest BCUT2D eigenvalue weighted by atomic mass is 9.93. The zero-order valence-corrected chi connectivity index (χ0v) is 18.9. The third-order valence-corrected chi connectivity index (χ3v) is 6.81. The molecule has 2 aromatic heterocycles. The van der Waals surface area contributed by atoms with E-state index in [1.165, 1.54) is 10.1 Å². The Balaban J connectivity index is 1.19. The van der Waals surface area contributed by atoms with Crippen LogP contribution in [0.4, 0.5) is 0 Å². The van der Waals surface area contributed by atoms with Gasteiger partial charge in [-0.05, 0) is 42.3 Å². The molecule has 0 radical (unpaired) electrons. The van der Waals surface area contributed by atoms with Crippen LogP contribution in [-0.2, 0) is 24.9 Å². The van der Waals surface area contributed by atoms with Crippen molar-refractivity contribution >= 4 is 17.1 Å². The van der Waals surface area contributed by atoms with Crippen molar-refractivity contribution in [1.29, 1.82) is 0 Å². The molecular formula is C24H24N6O4. The number of hydrogen-bond donors (Lipinski definition) is 1. The van der Waals surface area contributed by atoms with Crippen molar-refractivity contribution in [2.45, 2.75) is 26.1 Å². The van der Waals surface area contributed by atoms with E-state index in [1.807, 2.05) is 30.5 Å². The number of rotatable bonds is 4. The number of cyclic esters (lactones) is 1. The van der Waals surface area contributed by atoms with E-state index in [1.54, 1.807) is 17.8 Å². The summed E-state index contributed by atoms with van der Waals surface area (Å²) in [6.07, 6.45) is 1.92. The van der Waals surface area contributed by atoms with Crippen LogP contribution in [0, 0.1) is 6.92 Å². The van der Waals surface area contributed by atoms with Gasteiger partial charge < -0.3 is 14.5 Å². The Morgan fingerprint density at radius 2 is 2.09 bits per heavy atom. The zero-order valence-electron chi connectivity index (χ0n) is 18.9. The standard InChI is InChI=1S/C24H24N6O4/c1-14-17(4-5-18-19(14)13-33-23(18)31)20-12-29(8-7-25-20)10-15-11-30(27-26-15)16-3-6-22-21(9-16)28(2)24(32)34-22/h3-6,9,11,20,25H,7-8,10,12-13H2,1-2H3/t20-/m0/s1. The lowest BCUT2D eigenvalue weighted by molar-refractivity contribution is 0.0535. The third kappa shape index (κ3) is 3.42. The van der Waals surface area contributed by atoms with Crippen LogP contribution in [0.1, 0.15) is 38.8 Å². The van der Waals surface area contributed by atoms with Gasteiger partial charge >= 0.3 is 11.7 Å². The van der Waals surface area contributed by atoms with Crippen molar-refractivity contribution in [2.24, 2.45) is 7.05 Å². The van der Waals surface area contributed by atoms with Crippen molar-refractivity contribution in [2.75, 3.05) is 19.6 Å². The van der Waals surface area contributed by atoms with Crippen LogP contribution in [0.5, 0.6) is 0 Å². The lowest BCUT2D eigenvalue weighted by Crippen LogP contribution is -2.45. The summed E-state index contributed by atoms with van der Waals surface area (Å²) in [4.78, 5) is 26.0. The van der Waals surface area contributed by atoms with E-state index in [9.17, 15) is 9.59 Å². The molecule has 0 amide bonds. The molecular weight excluding hydrogens is 436 g/mol. The maximum Gasteiger partial charge on any atom is 0.419 e. The van der Waals surface area contributed by atoms with E-state index in [0.717, 1.165) is 42.1 Å². The number of aromatic nitrogens is 4. The molecule has 4 heterocycles. The van der Waals surface area contributed by atoms with Crippen molar-refractivity contribution in [3.63, 3.8) is 0 Å². The average molecular weight is 460 g/mol. The van der Waals surface area contributed by atoms with Crippen molar-refractivity contribution in [1.82, 2.24) is 29.8 Å². The highest BCUT2D eigenvalue weighted by Crippen LogP contribution is 2.30. The molecule has 174 valence electrons. The molecule has 4 aromatic rings. The van der Waals surface area contributed by atoms with Crippen LogP contribution in [0.2, 0.25) is 0 Å². The highest BCUT2D eigenvalue weighted by molar-refractivity contribution is 5.94. The minimum absolute atomic E-state index is 0.162. The molecule has 1 saturated heterocycles. The van der Waals surface area contributed by atoms with Gasteiger partial charge in [0.1, 0.15) is 6.61 Å². The predicted molar refractivity (Wildman–Crippen MR) is 123 cm³/mol. The first-order valence-electron chi connectivity index (χ1n) is 11.2. The van der Waals surface area contributed by atoms with Gasteiger partial charge in [0, 0.05) is 44.8 Å². The largest absolute Gasteiger partial charge is 0.457 e. The number of benzene rings is 2. The van der Waals surface area contributed by atoms with Gasteiger partial charge in [-0.3, -0.25) is 9.47 Å². The molecule has 0 spiro atoms. The Morgan fingerprint density at radius 1 is 1.21 bits per heavy atom. The van der Waals surface area contributed by atoms with Crippen molar-refractivity contribution in [3.8, 4) is 5.69 Å². The Morgan fingerprint density at radius 3 is 2.97 bits per heavy atom. The average Bonchev–Trinajstić information content (AvgIpc) is 3.53. The molecule has 6 rings (SSSR count). The van der Waals surface area contributed by atoms with Crippen LogP contribution in [0.25, 0.3) is 16.8 Å². The second kappa shape index (κ2) is 7.93. The van der Waals surface area contributed by atoms with Gasteiger partial charge in [-0.1, -0.05) is 11.3 Å². The SMILES string of the molecule is Cc1c([C@@H]2CN(Cc3cn(-c4ccc5oc(=O)n(C)c5c4)nn3)CCN2)ccc2c1COC2=O. The highest BCUT2D eigenvalue weighted by Gasteiger charge is 2.28. The number of hydrogen-bond acceptors (Lipinski definition) is 8. The van der Waals surface area contributed by atoms with Crippen molar-refractivity contribution < 1.29 is 13.9 Å². The first-order chi connectivity index (χ1) is 16.5. The first-order valence-corrected chi connectivity index (χ1v) is 11.2. The Bertz CT molecular complexity index is 1480. The minimum atomic E-state index is -0.391. The zero-order chi connectivity index (χ0) is 23.4. The number of nitrogens with zero attached hydrogens (tertiary/aromatic N) is 5. The van der Waals surface area contributed by atoms with Gasteiger partial charge in [0.05, 0.1) is 28.7 Å². The fraction of sp³-hybridized carbons (Fsp3) is 0.333. The summed E-state index contributed by atoms with van der Waals surface area (Å²) in [7, 11) is 1.68. The molecule has 10 heteroatoms. The summed E-state index contributed by atoms with van der Waals surface area (Å²) in [5, 5.41) is 12.3. The summed E-state index contributed by atoms with van der Waals surface area (Å²) in [6, 6.07) is 9.57. The summed E-state index contributed by atoms with van der Waals surface area (Å²) in [6.45, 7) is 5.68. The summed E-state index contributed by atoms with van der Waals surface area (Å²) >= 11 is 0. The van der Waals surface area contributed by atoms with Crippen LogP contribution in [0.15, 0.2) is 45.7 Å². The minimum Gasteiger partial charge on any atom is -0.457 e. The number of esters is 1. The topological polar surface area (TPSA) is 107 Å². The number of piperazine rings is 1. The van der Waals surface area contributed by atoms with Crippen LogP contribution in [0.3, 0.4) is 0 Å². The Hall–Kier alpha value is -3.76. The van der Waals surface area contributed by atoms with Gasteiger partial charge in [-0.15, -0.1) is 5.10 Å². The number of oxazole rings is 1. The molecule has 34 heavy (non-hydrogen) atoms. The van der Waals surface area contributed by atoms with Crippen molar-refractivity contribution in [3.05, 3.63) is 75.0 Å². The van der Waals surface area contributed by atoms with Gasteiger partial charge in [-0.2, -0.15) is 0 Å². The monoisotopic (exact) mass is 460 g/mol. The number of nitrogens with one attached hydrogen (secondary N) is 1. The van der Waals surface area contributed by atoms with E-state index in [0.29, 0.717) is 29.8 Å². The van der Waals surface area contributed by atoms with Crippen LogP contribution >= 0.6 is 0 Å². The molecule has 0 saturated carbocycles. The number of carbonyl (C=O) groups is 1. The second-order valence-corrected chi connectivity index (χ2v) is 8.86. The quantitative estimate of drug-likeness (QED) is 0.460. The number of ether oxygens (including phenoxy) is 1. The molecule has 1 N–H and O–H groups in total. The highest BCUT2D eigenvalue weighted by atomic mass is 16.5. The van der Waals surface area contributed by atoms with Gasteiger partial charge in [0.15, 0.2) is 5.58 Å². The summed E-state index contributed by atoms with van der Waals surface area (Å²) in [5.41, 5.74) is 6.93. The molecule has 1 atom stereocenters. The van der Waals surface area contributed by atoms with Crippen LogP contribution < -0.4 is 11.1 Å². The molecule has 0 bridgehead atoms. The van der Waals surface area contributed by atoms with E-state index < -0.39 is 5.76 Å².